The molecule has 2 aromatic rings. The van der Waals surface area contributed by atoms with Crippen LogP contribution in [0.3, 0.4) is 0 Å². The van der Waals surface area contributed by atoms with Crippen LogP contribution in [0.4, 0.5) is 5.69 Å². The Balaban J connectivity index is 1.83. The number of carbonyl (C=O) groups excluding carboxylic acids is 1. The lowest BCUT2D eigenvalue weighted by Crippen LogP contribution is -2.42. The van der Waals surface area contributed by atoms with Crippen LogP contribution in [0.25, 0.3) is 5.69 Å². The van der Waals surface area contributed by atoms with Crippen LogP contribution >= 0.6 is 0 Å². The summed E-state index contributed by atoms with van der Waals surface area (Å²) in [5.74, 6) is 0.0868. The number of hydrogen-bond acceptors (Lipinski definition) is 3. The molecule has 1 aromatic carbocycles. The molecule has 3 N–H and O–H groups in total. The monoisotopic (exact) mass is 298 g/mol. The van der Waals surface area contributed by atoms with E-state index in [9.17, 15) is 4.79 Å². The zero-order chi connectivity index (χ0) is 15.9. The predicted molar refractivity (Wildman–Crippen MR) is 87.1 cm³/mol. The molecule has 5 nitrogen and oxygen atoms in total. The van der Waals surface area contributed by atoms with Gasteiger partial charge in [0.15, 0.2) is 0 Å². The molecule has 0 atom stereocenters. The zero-order valence-electron chi connectivity index (χ0n) is 13.3. The van der Waals surface area contributed by atoms with E-state index in [1.165, 1.54) is 5.56 Å². The number of hydrogen-bond donors (Lipinski definition) is 2. The van der Waals surface area contributed by atoms with Crippen LogP contribution < -0.4 is 11.1 Å². The van der Waals surface area contributed by atoms with Crippen molar-refractivity contribution in [3.8, 4) is 5.69 Å². The van der Waals surface area contributed by atoms with Gasteiger partial charge in [0, 0.05) is 12.0 Å². The first-order chi connectivity index (χ1) is 10.5. The number of nitrogens with zero attached hydrogens (tertiary/aromatic N) is 2. The Kier molecular flexibility index (Phi) is 3.74. The highest BCUT2D eigenvalue weighted by atomic mass is 16.1. The standard InChI is InChI=1S/C17H22N4O/c1-10-4-5-11(2)16(6-10)21-12(3)15(9-19-21)20-17(22)13-7-14(18)8-13/h4-6,9,13-14H,7-8,18H2,1-3H3,(H,20,22). The fraction of sp³-hybridized carbons (Fsp3) is 0.412. The van der Waals surface area contributed by atoms with Gasteiger partial charge in [-0.25, -0.2) is 4.68 Å². The molecule has 0 aliphatic heterocycles. The van der Waals surface area contributed by atoms with Crippen molar-refractivity contribution in [1.29, 1.82) is 0 Å². The zero-order valence-corrected chi connectivity index (χ0v) is 13.3. The Bertz CT molecular complexity index is 713. The number of benzene rings is 1. The summed E-state index contributed by atoms with van der Waals surface area (Å²) in [6.45, 7) is 6.09. The van der Waals surface area contributed by atoms with Gasteiger partial charge in [0.1, 0.15) is 0 Å². The van der Waals surface area contributed by atoms with E-state index in [4.69, 9.17) is 5.73 Å². The predicted octanol–water partition coefficient (Wildman–Crippen LogP) is 2.47. The second-order valence-corrected chi connectivity index (χ2v) is 6.26. The lowest BCUT2D eigenvalue weighted by Gasteiger charge is -2.30. The fourth-order valence-electron chi connectivity index (χ4n) is 2.83. The third-order valence-electron chi connectivity index (χ3n) is 4.41. The van der Waals surface area contributed by atoms with Gasteiger partial charge in [0.25, 0.3) is 0 Å². The van der Waals surface area contributed by atoms with E-state index in [0.29, 0.717) is 0 Å². The fourth-order valence-corrected chi connectivity index (χ4v) is 2.83. The van der Waals surface area contributed by atoms with Gasteiger partial charge in [-0.1, -0.05) is 12.1 Å². The maximum Gasteiger partial charge on any atom is 0.227 e. The van der Waals surface area contributed by atoms with Gasteiger partial charge in [0.2, 0.25) is 5.91 Å². The van der Waals surface area contributed by atoms with Gasteiger partial charge < -0.3 is 11.1 Å². The molecule has 1 aromatic heterocycles. The minimum absolute atomic E-state index is 0.0402. The largest absolute Gasteiger partial charge is 0.328 e. The minimum atomic E-state index is 0.0402. The molecule has 0 unspecified atom stereocenters. The van der Waals surface area contributed by atoms with E-state index in [-0.39, 0.29) is 17.9 Å². The van der Waals surface area contributed by atoms with Crippen LogP contribution in [0, 0.1) is 26.7 Å². The number of anilines is 1. The molecule has 22 heavy (non-hydrogen) atoms. The number of amides is 1. The summed E-state index contributed by atoms with van der Waals surface area (Å²) in [5.41, 5.74) is 10.8. The third-order valence-corrected chi connectivity index (χ3v) is 4.41. The van der Waals surface area contributed by atoms with Gasteiger partial charge in [-0.2, -0.15) is 5.10 Å². The van der Waals surface area contributed by atoms with Crippen LogP contribution in [-0.2, 0) is 4.79 Å². The molecule has 1 fully saturated rings. The molecule has 0 radical (unpaired) electrons. The lowest BCUT2D eigenvalue weighted by atomic mass is 9.80. The molecule has 0 spiro atoms. The molecular weight excluding hydrogens is 276 g/mol. The van der Waals surface area contributed by atoms with E-state index in [1.54, 1.807) is 6.20 Å². The van der Waals surface area contributed by atoms with E-state index in [1.807, 2.05) is 11.6 Å². The molecule has 3 rings (SSSR count). The Hall–Kier alpha value is -2.14. The summed E-state index contributed by atoms with van der Waals surface area (Å²) >= 11 is 0. The first-order valence-electron chi connectivity index (χ1n) is 7.64. The molecule has 1 amide bonds. The van der Waals surface area contributed by atoms with Crippen LogP contribution in [0.2, 0.25) is 0 Å². The van der Waals surface area contributed by atoms with E-state index in [0.717, 1.165) is 35.5 Å². The molecule has 116 valence electrons. The van der Waals surface area contributed by atoms with Gasteiger partial charge in [0.05, 0.1) is 23.3 Å². The van der Waals surface area contributed by atoms with Gasteiger partial charge >= 0.3 is 0 Å². The lowest BCUT2D eigenvalue weighted by molar-refractivity contribution is -0.122. The highest BCUT2D eigenvalue weighted by molar-refractivity contribution is 5.93. The van der Waals surface area contributed by atoms with Gasteiger partial charge in [-0.15, -0.1) is 0 Å². The Morgan fingerprint density at radius 2 is 2.05 bits per heavy atom. The summed E-state index contributed by atoms with van der Waals surface area (Å²) in [5, 5.41) is 7.42. The number of aromatic nitrogens is 2. The highest BCUT2D eigenvalue weighted by Crippen LogP contribution is 2.28. The maximum absolute atomic E-state index is 12.2. The Morgan fingerprint density at radius 3 is 2.73 bits per heavy atom. The van der Waals surface area contributed by atoms with Gasteiger partial charge in [-0.3, -0.25) is 4.79 Å². The molecule has 1 aliphatic rings. The first-order valence-corrected chi connectivity index (χ1v) is 7.64. The third kappa shape index (κ3) is 2.64. The van der Waals surface area contributed by atoms with Crippen molar-refractivity contribution in [1.82, 2.24) is 9.78 Å². The second-order valence-electron chi connectivity index (χ2n) is 6.26. The highest BCUT2D eigenvalue weighted by Gasteiger charge is 2.32. The average molecular weight is 298 g/mol. The number of carbonyl (C=O) groups is 1. The maximum atomic E-state index is 12.2. The van der Waals surface area contributed by atoms with Crippen LogP contribution in [0.15, 0.2) is 24.4 Å². The summed E-state index contributed by atoms with van der Waals surface area (Å²) < 4.78 is 1.88. The molecule has 0 bridgehead atoms. The van der Waals surface area contributed by atoms with Gasteiger partial charge in [-0.05, 0) is 50.8 Å². The van der Waals surface area contributed by atoms with E-state index >= 15 is 0 Å². The van der Waals surface area contributed by atoms with Crippen LogP contribution in [0.1, 0.15) is 29.7 Å². The number of nitrogens with one attached hydrogen (secondary N) is 1. The smallest absolute Gasteiger partial charge is 0.227 e. The molecule has 0 saturated heterocycles. The normalized spacial score (nSPS) is 20.5. The molecule has 5 heteroatoms. The van der Waals surface area contributed by atoms with Crippen molar-refractivity contribution in [3.05, 3.63) is 41.2 Å². The van der Waals surface area contributed by atoms with E-state index in [2.05, 4.69) is 42.5 Å². The SMILES string of the molecule is Cc1ccc(C)c(-n2ncc(NC(=O)C3CC(N)C3)c2C)c1. The second kappa shape index (κ2) is 5.57. The summed E-state index contributed by atoms with van der Waals surface area (Å²) in [6.07, 6.45) is 3.26. The number of nitrogens with two attached hydrogens (primary N) is 1. The first kappa shape index (κ1) is 14.8. The Labute approximate surface area is 130 Å². The average Bonchev–Trinajstić information content (AvgIpc) is 2.79. The Morgan fingerprint density at radius 1 is 1.32 bits per heavy atom. The summed E-state index contributed by atoms with van der Waals surface area (Å²) in [6, 6.07) is 6.45. The van der Waals surface area contributed by atoms with Crippen molar-refractivity contribution >= 4 is 11.6 Å². The molecular formula is C17H22N4O. The van der Waals surface area contributed by atoms with E-state index < -0.39 is 0 Å². The quantitative estimate of drug-likeness (QED) is 0.914. The number of rotatable bonds is 3. The van der Waals surface area contributed by atoms with Crippen molar-refractivity contribution in [3.63, 3.8) is 0 Å². The van der Waals surface area contributed by atoms with Crippen molar-refractivity contribution in [2.24, 2.45) is 11.7 Å². The molecule has 1 aliphatic carbocycles. The summed E-state index contributed by atoms with van der Waals surface area (Å²) in [7, 11) is 0. The van der Waals surface area contributed by atoms with Crippen molar-refractivity contribution in [2.45, 2.75) is 39.7 Å². The summed E-state index contributed by atoms with van der Waals surface area (Å²) in [4.78, 5) is 12.2. The number of aryl methyl sites for hydroxylation is 2. The molecule has 1 saturated carbocycles. The minimum Gasteiger partial charge on any atom is -0.328 e. The molecule has 1 heterocycles. The van der Waals surface area contributed by atoms with Crippen molar-refractivity contribution < 1.29 is 4.79 Å². The van der Waals surface area contributed by atoms with Crippen molar-refractivity contribution in [2.75, 3.05) is 5.32 Å². The van der Waals surface area contributed by atoms with Crippen LogP contribution in [0.5, 0.6) is 0 Å². The topological polar surface area (TPSA) is 72.9 Å². The van der Waals surface area contributed by atoms with Crippen LogP contribution in [-0.4, -0.2) is 21.7 Å².